The summed E-state index contributed by atoms with van der Waals surface area (Å²) >= 11 is 6.59. The highest BCUT2D eigenvalue weighted by Gasteiger charge is 2.37. The van der Waals surface area contributed by atoms with Crippen LogP contribution < -0.4 is 0 Å². The van der Waals surface area contributed by atoms with Gasteiger partial charge in [-0.15, -0.1) is 0 Å². The second-order valence-electron chi connectivity index (χ2n) is 6.06. The molecule has 0 radical (unpaired) electrons. The Hall–Kier alpha value is 0.0869. The third-order valence-electron chi connectivity index (χ3n) is 3.64. The molecule has 1 aliphatic rings. The van der Waals surface area contributed by atoms with Crippen molar-refractivity contribution in [3.8, 4) is 0 Å². The van der Waals surface area contributed by atoms with Crippen molar-refractivity contribution in [3.63, 3.8) is 0 Å². The van der Waals surface area contributed by atoms with Crippen LogP contribution in [0.3, 0.4) is 0 Å². The molecule has 1 heterocycles. The number of carbonyl (C=O) groups excluding carboxylic acids is 1. The molecule has 0 spiro atoms. The first-order valence-corrected chi connectivity index (χ1v) is 10.6. The molecule has 0 saturated carbocycles. The van der Waals surface area contributed by atoms with Gasteiger partial charge in [-0.1, -0.05) is 44.8 Å². The van der Waals surface area contributed by atoms with E-state index in [9.17, 15) is 4.79 Å². The lowest BCUT2D eigenvalue weighted by Gasteiger charge is -2.36. The smallest absolute Gasteiger partial charge is 0.238 e. The van der Waals surface area contributed by atoms with Crippen LogP contribution in [0.5, 0.6) is 0 Å². The van der Waals surface area contributed by atoms with E-state index in [4.69, 9.17) is 16.6 Å². The topological polar surface area (TPSA) is 29.5 Å². The van der Waals surface area contributed by atoms with E-state index in [0.717, 1.165) is 6.42 Å². The van der Waals surface area contributed by atoms with Gasteiger partial charge < -0.3 is 4.43 Å². The molecule has 18 heavy (non-hydrogen) atoms. The molecule has 1 aliphatic heterocycles. The van der Waals surface area contributed by atoms with E-state index in [-0.39, 0.29) is 10.9 Å². The summed E-state index contributed by atoms with van der Waals surface area (Å²) in [6, 6.07) is 0. The molecular formula is C12H23NO2S2Si. The second-order valence-corrected chi connectivity index (χ2v) is 12.5. The van der Waals surface area contributed by atoms with Crippen molar-refractivity contribution in [3.05, 3.63) is 0 Å². The fourth-order valence-corrected chi connectivity index (χ4v) is 3.57. The maximum Gasteiger partial charge on any atom is 0.238 e. The number of hydrogen-bond donors (Lipinski definition) is 0. The summed E-state index contributed by atoms with van der Waals surface area (Å²) in [4.78, 5) is 13.2. The number of rotatable bonds is 5. The van der Waals surface area contributed by atoms with Gasteiger partial charge >= 0.3 is 0 Å². The van der Waals surface area contributed by atoms with E-state index >= 15 is 0 Å². The van der Waals surface area contributed by atoms with E-state index in [1.807, 2.05) is 0 Å². The van der Waals surface area contributed by atoms with E-state index in [1.54, 1.807) is 4.90 Å². The van der Waals surface area contributed by atoms with Gasteiger partial charge in [-0.05, 0) is 24.6 Å². The van der Waals surface area contributed by atoms with Gasteiger partial charge in [-0.3, -0.25) is 9.69 Å². The van der Waals surface area contributed by atoms with Crippen LogP contribution in [0, 0.1) is 0 Å². The lowest BCUT2D eigenvalue weighted by atomic mass is 10.2. The molecular weight excluding hydrogens is 282 g/mol. The van der Waals surface area contributed by atoms with Crippen LogP contribution in [0.4, 0.5) is 0 Å². The average molecular weight is 306 g/mol. The van der Waals surface area contributed by atoms with Crippen molar-refractivity contribution >= 4 is 42.5 Å². The average Bonchev–Trinajstić information content (AvgIpc) is 2.53. The minimum Gasteiger partial charge on any atom is -0.417 e. The van der Waals surface area contributed by atoms with E-state index in [2.05, 4.69) is 33.9 Å². The zero-order valence-electron chi connectivity index (χ0n) is 11.9. The molecule has 104 valence electrons. The van der Waals surface area contributed by atoms with Gasteiger partial charge in [0.1, 0.15) is 4.32 Å². The quantitative estimate of drug-likeness (QED) is 0.443. The highest BCUT2D eigenvalue weighted by atomic mass is 32.2. The first-order chi connectivity index (χ1) is 8.15. The van der Waals surface area contributed by atoms with Crippen LogP contribution in [-0.2, 0) is 9.22 Å². The predicted octanol–water partition coefficient (Wildman–Crippen LogP) is 3.26. The summed E-state index contributed by atoms with van der Waals surface area (Å²) in [5.74, 6) is 0.638. The lowest BCUT2D eigenvalue weighted by molar-refractivity contribution is -0.124. The Morgan fingerprint density at radius 3 is 2.50 bits per heavy atom. The molecule has 1 saturated heterocycles. The molecule has 0 N–H and O–H groups in total. The number of amides is 1. The van der Waals surface area contributed by atoms with Crippen LogP contribution in [0.1, 0.15) is 27.2 Å². The number of nitrogens with zero attached hydrogens (tertiary/aromatic N) is 1. The molecule has 1 fully saturated rings. The minimum atomic E-state index is -1.66. The van der Waals surface area contributed by atoms with Gasteiger partial charge in [0.05, 0.1) is 5.75 Å². The van der Waals surface area contributed by atoms with Crippen molar-refractivity contribution in [2.24, 2.45) is 0 Å². The number of thiocarbonyl (C=S) groups is 1. The lowest BCUT2D eigenvalue weighted by Crippen LogP contribution is -2.41. The summed E-state index contributed by atoms with van der Waals surface area (Å²) in [6.45, 7) is 12.6. The maximum absolute atomic E-state index is 11.5. The predicted molar refractivity (Wildman–Crippen MR) is 84.5 cm³/mol. The van der Waals surface area contributed by atoms with Gasteiger partial charge in [0.2, 0.25) is 5.91 Å². The van der Waals surface area contributed by atoms with Crippen molar-refractivity contribution in [1.29, 1.82) is 0 Å². The molecule has 1 rings (SSSR count). The number of carbonyl (C=O) groups is 1. The molecule has 6 heteroatoms. The number of hydrogen-bond acceptors (Lipinski definition) is 4. The molecule has 0 aliphatic carbocycles. The van der Waals surface area contributed by atoms with Crippen LogP contribution in [0.15, 0.2) is 0 Å². The van der Waals surface area contributed by atoms with Gasteiger partial charge in [-0.2, -0.15) is 0 Å². The zero-order valence-corrected chi connectivity index (χ0v) is 14.5. The molecule has 1 amide bonds. The largest absolute Gasteiger partial charge is 0.417 e. The van der Waals surface area contributed by atoms with Crippen molar-refractivity contribution in [1.82, 2.24) is 4.90 Å². The molecule has 0 aromatic carbocycles. The second kappa shape index (κ2) is 6.03. The van der Waals surface area contributed by atoms with Gasteiger partial charge in [0.25, 0.3) is 0 Å². The van der Waals surface area contributed by atoms with Crippen molar-refractivity contribution in [2.75, 3.05) is 18.9 Å². The Morgan fingerprint density at radius 1 is 1.44 bits per heavy atom. The first-order valence-electron chi connectivity index (χ1n) is 6.26. The van der Waals surface area contributed by atoms with Crippen LogP contribution in [0.25, 0.3) is 0 Å². The summed E-state index contributed by atoms with van der Waals surface area (Å²) in [5, 5.41) is 0.238. The van der Waals surface area contributed by atoms with Crippen molar-refractivity contribution < 1.29 is 9.22 Å². The van der Waals surface area contributed by atoms with E-state index < -0.39 is 8.32 Å². The minimum absolute atomic E-state index is 0.136. The maximum atomic E-state index is 11.5. The SMILES string of the molecule is CC(C)(C)[Si](C)(C)OCCCN1C(=O)CSC1=S. The Labute approximate surface area is 121 Å². The van der Waals surface area contributed by atoms with E-state index in [0.29, 0.717) is 23.2 Å². The Kier molecular flexibility index (Phi) is 5.40. The molecule has 3 nitrogen and oxygen atoms in total. The summed E-state index contributed by atoms with van der Waals surface area (Å²) < 4.78 is 6.79. The Balaban J connectivity index is 2.31. The Bertz CT molecular complexity index is 323. The van der Waals surface area contributed by atoms with Crippen LogP contribution >= 0.6 is 24.0 Å². The fourth-order valence-electron chi connectivity index (χ4n) is 1.36. The third kappa shape index (κ3) is 4.04. The number of thioether (sulfide) groups is 1. The van der Waals surface area contributed by atoms with Crippen LogP contribution in [-0.4, -0.2) is 42.3 Å². The molecule has 0 aromatic heterocycles. The van der Waals surface area contributed by atoms with Gasteiger partial charge in [0.15, 0.2) is 8.32 Å². The first kappa shape index (κ1) is 16.1. The molecule has 0 unspecified atom stereocenters. The monoisotopic (exact) mass is 305 g/mol. The molecule has 0 atom stereocenters. The van der Waals surface area contributed by atoms with Crippen molar-refractivity contribution in [2.45, 2.75) is 45.3 Å². The third-order valence-corrected chi connectivity index (χ3v) is 9.61. The van der Waals surface area contributed by atoms with Crippen LogP contribution in [0.2, 0.25) is 18.1 Å². The Morgan fingerprint density at radius 2 is 2.06 bits per heavy atom. The molecule has 0 bridgehead atoms. The summed E-state index contributed by atoms with van der Waals surface area (Å²) in [7, 11) is -1.66. The van der Waals surface area contributed by atoms with E-state index in [1.165, 1.54) is 11.8 Å². The highest BCUT2D eigenvalue weighted by molar-refractivity contribution is 8.23. The van der Waals surface area contributed by atoms with Gasteiger partial charge in [0, 0.05) is 13.2 Å². The summed E-state index contributed by atoms with van der Waals surface area (Å²) in [6.07, 6.45) is 0.860. The normalized spacial score (nSPS) is 17.7. The zero-order chi connectivity index (χ0) is 14.0. The fraction of sp³-hybridized carbons (Fsp3) is 0.833. The molecule has 0 aromatic rings. The van der Waals surface area contributed by atoms with Gasteiger partial charge in [-0.25, -0.2) is 0 Å². The highest BCUT2D eigenvalue weighted by Crippen LogP contribution is 2.36. The summed E-state index contributed by atoms with van der Waals surface area (Å²) in [5.41, 5.74) is 0. The standard InChI is InChI=1S/C12H23NO2S2Si/c1-12(2,3)18(4,5)15-8-6-7-13-10(14)9-17-11(13)16/h6-9H2,1-5H3.